The summed E-state index contributed by atoms with van der Waals surface area (Å²) in [6.45, 7) is 2.85. The van der Waals surface area contributed by atoms with Gasteiger partial charge in [0.1, 0.15) is 5.75 Å². The van der Waals surface area contributed by atoms with Crippen LogP contribution in [-0.2, 0) is 5.60 Å². The lowest BCUT2D eigenvalue weighted by molar-refractivity contribution is -0.0911. The summed E-state index contributed by atoms with van der Waals surface area (Å²) >= 11 is 0. The van der Waals surface area contributed by atoms with Gasteiger partial charge in [0, 0.05) is 24.9 Å². The van der Waals surface area contributed by atoms with E-state index in [2.05, 4.69) is 4.90 Å². The smallest absolute Gasteiger partial charge is 0.115 e. The Balaban J connectivity index is 1.36. The standard InChI is InChI=1S/C22H33NO3/c24-20-7-4-6-17(14-20)22(26)18-8-9-19(22)16-23(15-18)13-5-12-21(25)10-2-1-3-11-21/h4,6-7,14,18-19,24-26H,1-3,5,8-13,15-16H2. The quantitative estimate of drug-likeness (QED) is 0.754. The maximum atomic E-state index is 11.5. The minimum atomic E-state index is -0.795. The fraction of sp³-hybridized carbons (Fsp3) is 0.727. The number of fused-ring (bicyclic) bond motifs is 2. The van der Waals surface area contributed by atoms with Crippen molar-refractivity contribution in [1.82, 2.24) is 4.90 Å². The first-order valence-corrected chi connectivity index (χ1v) is 10.5. The molecule has 1 heterocycles. The number of benzene rings is 1. The number of aromatic hydroxyl groups is 1. The molecule has 0 amide bonds. The van der Waals surface area contributed by atoms with Crippen LogP contribution in [0.5, 0.6) is 5.75 Å². The van der Waals surface area contributed by atoms with E-state index < -0.39 is 11.2 Å². The Kier molecular flexibility index (Phi) is 5.02. The molecule has 144 valence electrons. The zero-order chi connectivity index (χ0) is 18.2. The molecule has 2 unspecified atom stereocenters. The molecule has 0 radical (unpaired) electrons. The lowest BCUT2D eigenvalue weighted by Crippen LogP contribution is -2.52. The summed E-state index contributed by atoms with van der Waals surface area (Å²) in [5.41, 5.74) is -0.340. The van der Waals surface area contributed by atoms with Gasteiger partial charge >= 0.3 is 0 Å². The van der Waals surface area contributed by atoms with Crippen molar-refractivity contribution < 1.29 is 15.3 Å². The number of rotatable bonds is 5. The summed E-state index contributed by atoms with van der Waals surface area (Å²) < 4.78 is 0. The number of phenols is 1. The summed E-state index contributed by atoms with van der Waals surface area (Å²) in [5, 5.41) is 32.0. The van der Waals surface area contributed by atoms with Crippen molar-refractivity contribution in [2.45, 2.75) is 69.0 Å². The molecular weight excluding hydrogens is 326 g/mol. The van der Waals surface area contributed by atoms with Gasteiger partial charge in [-0.1, -0.05) is 31.4 Å². The number of piperidine rings is 1. The van der Waals surface area contributed by atoms with Gasteiger partial charge < -0.3 is 20.2 Å². The molecule has 3 N–H and O–H groups in total. The third kappa shape index (κ3) is 3.39. The van der Waals surface area contributed by atoms with E-state index in [9.17, 15) is 15.3 Å². The maximum absolute atomic E-state index is 11.5. The van der Waals surface area contributed by atoms with Crippen LogP contribution < -0.4 is 0 Å². The third-order valence-corrected chi connectivity index (χ3v) is 7.27. The average Bonchev–Trinajstić information content (AvgIpc) is 2.80. The lowest BCUT2D eigenvalue weighted by Gasteiger charge is -2.45. The van der Waals surface area contributed by atoms with Crippen molar-refractivity contribution >= 4 is 0 Å². The van der Waals surface area contributed by atoms with E-state index in [4.69, 9.17) is 0 Å². The topological polar surface area (TPSA) is 63.9 Å². The molecule has 0 spiro atoms. The number of nitrogens with zero attached hydrogens (tertiary/aromatic N) is 1. The molecule has 2 bridgehead atoms. The van der Waals surface area contributed by atoms with E-state index in [-0.39, 0.29) is 17.6 Å². The number of likely N-dealkylation sites (tertiary alicyclic amines) is 1. The number of hydrogen-bond donors (Lipinski definition) is 3. The molecule has 0 aromatic heterocycles. The maximum Gasteiger partial charge on any atom is 0.115 e. The number of aliphatic hydroxyl groups is 2. The molecule has 26 heavy (non-hydrogen) atoms. The van der Waals surface area contributed by atoms with Crippen LogP contribution >= 0.6 is 0 Å². The van der Waals surface area contributed by atoms with Crippen molar-refractivity contribution in [3.63, 3.8) is 0 Å². The van der Waals surface area contributed by atoms with Gasteiger partial charge in [-0.15, -0.1) is 0 Å². The Morgan fingerprint density at radius 1 is 1.00 bits per heavy atom. The predicted molar refractivity (Wildman–Crippen MR) is 102 cm³/mol. The van der Waals surface area contributed by atoms with Crippen LogP contribution in [0.3, 0.4) is 0 Å². The minimum absolute atomic E-state index is 0.235. The van der Waals surface area contributed by atoms with Gasteiger partial charge in [-0.25, -0.2) is 0 Å². The molecule has 4 rings (SSSR count). The van der Waals surface area contributed by atoms with E-state index >= 15 is 0 Å². The second kappa shape index (κ2) is 7.14. The van der Waals surface area contributed by atoms with Crippen molar-refractivity contribution in [2.24, 2.45) is 11.8 Å². The molecule has 1 aromatic carbocycles. The van der Waals surface area contributed by atoms with Gasteiger partial charge in [0.15, 0.2) is 0 Å². The molecule has 1 aliphatic heterocycles. The summed E-state index contributed by atoms with van der Waals surface area (Å²) in [7, 11) is 0. The normalized spacial score (nSPS) is 34.1. The monoisotopic (exact) mass is 359 g/mol. The zero-order valence-electron chi connectivity index (χ0n) is 15.7. The first kappa shape index (κ1) is 18.3. The largest absolute Gasteiger partial charge is 0.508 e. The van der Waals surface area contributed by atoms with E-state index in [0.717, 1.165) is 63.7 Å². The van der Waals surface area contributed by atoms with E-state index in [1.54, 1.807) is 12.1 Å². The molecule has 4 nitrogen and oxygen atoms in total. The average molecular weight is 360 g/mol. The van der Waals surface area contributed by atoms with Gasteiger partial charge in [-0.05, 0) is 62.8 Å². The van der Waals surface area contributed by atoms with Gasteiger partial charge in [-0.2, -0.15) is 0 Å². The summed E-state index contributed by atoms with van der Waals surface area (Å²) in [5.74, 6) is 0.708. The van der Waals surface area contributed by atoms with Crippen LogP contribution in [-0.4, -0.2) is 45.5 Å². The van der Waals surface area contributed by atoms with E-state index in [1.165, 1.54) is 19.3 Å². The SMILES string of the molecule is Oc1cccc(C2(O)C3CCC2CN(CCCC2(O)CCCCC2)C3)c1. The van der Waals surface area contributed by atoms with Crippen LogP contribution in [0.4, 0.5) is 0 Å². The van der Waals surface area contributed by atoms with Crippen molar-refractivity contribution in [2.75, 3.05) is 19.6 Å². The molecule has 3 aliphatic rings. The van der Waals surface area contributed by atoms with Crippen LogP contribution in [0, 0.1) is 11.8 Å². The second-order valence-corrected chi connectivity index (χ2v) is 9.00. The molecule has 3 fully saturated rings. The number of phenolic OH excluding ortho intramolecular Hbond substituents is 1. The highest BCUT2D eigenvalue weighted by atomic mass is 16.3. The lowest BCUT2D eigenvalue weighted by atomic mass is 9.75. The predicted octanol–water partition coefficient (Wildman–Crippen LogP) is 3.40. The summed E-state index contributed by atoms with van der Waals surface area (Å²) in [6, 6.07) is 7.19. The molecule has 1 saturated heterocycles. The van der Waals surface area contributed by atoms with E-state index in [0.29, 0.717) is 0 Å². The van der Waals surface area contributed by atoms with Crippen LogP contribution in [0.15, 0.2) is 24.3 Å². The van der Waals surface area contributed by atoms with Crippen molar-refractivity contribution in [3.8, 4) is 5.75 Å². The Morgan fingerprint density at radius 3 is 2.35 bits per heavy atom. The molecule has 1 aromatic rings. The highest BCUT2D eigenvalue weighted by Crippen LogP contribution is 2.51. The molecule has 2 aliphatic carbocycles. The zero-order valence-corrected chi connectivity index (χ0v) is 15.7. The van der Waals surface area contributed by atoms with Gasteiger partial charge in [-0.3, -0.25) is 0 Å². The molecular formula is C22H33NO3. The summed E-state index contributed by atoms with van der Waals surface area (Å²) in [6.07, 6.45) is 9.60. The second-order valence-electron chi connectivity index (χ2n) is 9.00. The fourth-order valence-corrected chi connectivity index (χ4v) is 5.84. The van der Waals surface area contributed by atoms with Crippen molar-refractivity contribution in [1.29, 1.82) is 0 Å². The summed E-state index contributed by atoms with van der Waals surface area (Å²) in [4.78, 5) is 2.49. The Labute approximate surface area is 156 Å². The number of hydrogen-bond acceptors (Lipinski definition) is 4. The van der Waals surface area contributed by atoms with E-state index in [1.807, 2.05) is 12.1 Å². The Hall–Kier alpha value is -1.10. The molecule has 2 saturated carbocycles. The van der Waals surface area contributed by atoms with Crippen LogP contribution in [0.1, 0.15) is 63.4 Å². The van der Waals surface area contributed by atoms with Crippen molar-refractivity contribution in [3.05, 3.63) is 29.8 Å². The Bertz CT molecular complexity index is 612. The fourth-order valence-electron chi connectivity index (χ4n) is 5.84. The van der Waals surface area contributed by atoms with Crippen LogP contribution in [0.2, 0.25) is 0 Å². The van der Waals surface area contributed by atoms with Gasteiger partial charge in [0.2, 0.25) is 0 Å². The third-order valence-electron chi connectivity index (χ3n) is 7.27. The highest BCUT2D eigenvalue weighted by Gasteiger charge is 2.53. The molecule has 2 atom stereocenters. The highest BCUT2D eigenvalue weighted by molar-refractivity contribution is 5.34. The minimum Gasteiger partial charge on any atom is -0.508 e. The first-order valence-electron chi connectivity index (χ1n) is 10.5. The Morgan fingerprint density at radius 2 is 1.69 bits per heavy atom. The molecule has 4 heteroatoms. The van der Waals surface area contributed by atoms with Crippen LogP contribution in [0.25, 0.3) is 0 Å². The van der Waals surface area contributed by atoms with Gasteiger partial charge in [0.05, 0.1) is 11.2 Å². The first-order chi connectivity index (χ1) is 12.5. The van der Waals surface area contributed by atoms with Gasteiger partial charge in [0.25, 0.3) is 0 Å².